The van der Waals surface area contributed by atoms with Gasteiger partial charge in [-0.15, -0.1) is 0 Å². The topological polar surface area (TPSA) is 49.9 Å². The molecule has 0 fully saturated rings. The molecule has 2 rings (SSSR count). The third-order valence-corrected chi connectivity index (χ3v) is 3.56. The first-order valence-electron chi connectivity index (χ1n) is 6.79. The summed E-state index contributed by atoms with van der Waals surface area (Å²) in [6.45, 7) is 6.94. The van der Waals surface area contributed by atoms with Gasteiger partial charge in [0.05, 0.1) is 17.6 Å². The van der Waals surface area contributed by atoms with Crippen LogP contribution in [0.1, 0.15) is 20.3 Å². The highest BCUT2D eigenvalue weighted by molar-refractivity contribution is 7.99. The Morgan fingerprint density at radius 3 is 3.00 bits per heavy atom. The molecule has 1 heterocycles. The summed E-state index contributed by atoms with van der Waals surface area (Å²) in [6, 6.07) is 5.96. The smallest absolute Gasteiger partial charge is 0.166 e. The van der Waals surface area contributed by atoms with E-state index in [-0.39, 0.29) is 0 Å². The fourth-order valence-corrected chi connectivity index (χ4v) is 2.60. The van der Waals surface area contributed by atoms with Crippen molar-refractivity contribution in [1.82, 2.24) is 15.3 Å². The van der Waals surface area contributed by atoms with Crippen molar-refractivity contribution in [3.05, 3.63) is 18.2 Å². The van der Waals surface area contributed by atoms with E-state index in [0.29, 0.717) is 6.61 Å². The van der Waals surface area contributed by atoms with Gasteiger partial charge in [0, 0.05) is 18.4 Å². The molecule has 5 heteroatoms. The molecule has 0 aliphatic carbocycles. The molecule has 0 unspecified atom stereocenters. The molecule has 1 aromatic carbocycles. The Morgan fingerprint density at radius 2 is 2.21 bits per heavy atom. The van der Waals surface area contributed by atoms with Gasteiger partial charge in [0.1, 0.15) is 5.75 Å². The number of hydrogen-bond donors (Lipinski definition) is 2. The largest absolute Gasteiger partial charge is 0.494 e. The Hall–Kier alpha value is -1.20. The van der Waals surface area contributed by atoms with E-state index in [9.17, 15) is 0 Å². The van der Waals surface area contributed by atoms with Crippen LogP contribution >= 0.6 is 11.8 Å². The second-order valence-corrected chi connectivity index (χ2v) is 5.34. The monoisotopic (exact) mass is 279 g/mol. The molecule has 0 amide bonds. The lowest BCUT2D eigenvalue weighted by atomic mass is 10.3. The maximum atomic E-state index is 5.48. The summed E-state index contributed by atoms with van der Waals surface area (Å²) in [4.78, 5) is 7.89. The van der Waals surface area contributed by atoms with Crippen LogP contribution in [0.5, 0.6) is 5.75 Å². The number of hydrogen-bond acceptors (Lipinski definition) is 4. The first-order chi connectivity index (χ1) is 9.33. The summed E-state index contributed by atoms with van der Waals surface area (Å²) in [5, 5.41) is 4.36. The van der Waals surface area contributed by atoms with Gasteiger partial charge in [-0.25, -0.2) is 4.98 Å². The van der Waals surface area contributed by atoms with E-state index in [4.69, 9.17) is 4.74 Å². The van der Waals surface area contributed by atoms with Crippen molar-refractivity contribution in [2.75, 3.05) is 25.4 Å². The molecule has 0 aliphatic heterocycles. The number of imidazole rings is 1. The highest BCUT2D eigenvalue weighted by atomic mass is 32.2. The van der Waals surface area contributed by atoms with E-state index in [0.717, 1.165) is 40.8 Å². The zero-order chi connectivity index (χ0) is 13.5. The van der Waals surface area contributed by atoms with Crippen molar-refractivity contribution in [2.45, 2.75) is 25.4 Å². The van der Waals surface area contributed by atoms with Gasteiger partial charge in [-0.05, 0) is 32.0 Å². The van der Waals surface area contributed by atoms with Gasteiger partial charge in [0.15, 0.2) is 5.16 Å². The summed E-state index contributed by atoms with van der Waals surface area (Å²) >= 11 is 1.75. The maximum Gasteiger partial charge on any atom is 0.166 e. The molecule has 0 bridgehead atoms. The molecule has 19 heavy (non-hydrogen) atoms. The van der Waals surface area contributed by atoms with Gasteiger partial charge in [-0.3, -0.25) is 0 Å². The van der Waals surface area contributed by atoms with Crippen LogP contribution < -0.4 is 10.1 Å². The number of nitrogens with one attached hydrogen (secondary N) is 2. The number of H-pyrrole nitrogens is 1. The van der Waals surface area contributed by atoms with Crippen LogP contribution in [-0.2, 0) is 0 Å². The molecular weight excluding hydrogens is 258 g/mol. The van der Waals surface area contributed by atoms with Crippen molar-refractivity contribution in [3.63, 3.8) is 0 Å². The van der Waals surface area contributed by atoms with Crippen LogP contribution in [0.3, 0.4) is 0 Å². The SMILES string of the molecule is CCCNCCSc1nc2ccc(OCC)cc2[nH]1. The average Bonchev–Trinajstić information content (AvgIpc) is 2.81. The minimum Gasteiger partial charge on any atom is -0.494 e. The van der Waals surface area contributed by atoms with Crippen LogP contribution in [0.15, 0.2) is 23.4 Å². The number of aromatic amines is 1. The van der Waals surface area contributed by atoms with Gasteiger partial charge in [0.25, 0.3) is 0 Å². The number of thioether (sulfide) groups is 1. The van der Waals surface area contributed by atoms with Gasteiger partial charge >= 0.3 is 0 Å². The third kappa shape index (κ3) is 4.14. The molecule has 0 radical (unpaired) electrons. The lowest BCUT2D eigenvalue weighted by Gasteiger charge is -2.01. The Morgan fingerprint density at radius 1 is 1.32 bits per heavy atom. The molecular formula is C14H21N3OS. The minimum atomic E-state index is 0.685. The first kappa shape index (κ1) is 14.2. The first-order valence-corrected chi connectivity index (χ1v) is 7.78. The van der Waals surface area contributed by atoms with Crippen molar-refractivity contribution >= 4 is 22.8 Å². The van der Waals surface area contributed by atoms with E-state index < -0.39 is 0 Å². The van der Waals surface area contributed by atoms with Crippen LogP contribution in [0, 0.1) is 0 Å². The van der Waals surface area contributed by atoms with E-state index in [1.807, 2.05) is 25.1 Å². The van der Waals surface area contributed by atoms with Crippen molar-refractivity contribution in [1.29, 1.82) is 0 Å². The van der Waals surface area contributed by atoms with E-state index >= 15 is 0 Å². The number of rotatable bonds is 8. The summed E-state index contributed by atoms with van der Waals surface area (Å²) in [7, 11) is 0. The van der Waals surface area contributed by atoms with Crippen LogP contribution in [0.4, 0.5) is 0 Å². The van der Waals surface area contributed by atoms with Crippen LogP contribution in [0.2, 0.25) is 0 Å². The number of benzene rings is 1. The van der Waals surface area contributed by atoms with Gasteiger partial charge in [-0.1, -0.05) is 18.7 Å². The highest BCUT2D eigenvalue weighted by Gasteiger charge is 2.04. The standard InChI is InChI=1S/C14H21N3OS/c1-3-7-15-8-9-19-14-16-12-6-5-11(18-4-2)10-13(12)17-14/h5-6,10,15H,3-4,7-9H2,1-2H3,(H,16,17). The maximum absolute atomic E-state index is 5.48. The molecule has 2 aromatic rings. The van der Waals surface area contributed by atoms with Gasteiger partial charge in [-0.2, -0.15) is 0 Å². The molecule has 1 aromatic heterocycles. The predicted molar refractivity (Wildman–Crippen MR) is 81.1 cm³/mol. The zero-order valence-corrected chi connectivity index (χ0v) is 12.3. The normalized spacial score (nSPS) is 11.1. The van der Waals surface area contributed by atoms with Gasteiger partial charge < -0.3 is 15.0 Å². The van der Waals surface area contributed by atoms with Crippen molar-refractivity contribution in [3.8, 4) is 5.75 Å². The third-order valence-electron chi connectivity index (χ3n) is 2.69. The second kappa shape index (κ2) is 7.40. The molecule has 0 atom stereocenters. The zero-order valence-electron chi connectivity index (χ0n) is 11.5. The quantitative estimate of drug-likeness (QED) is 0.576. The van der Waals surface area contributed by atoms with Crippen molar-refractivity contribution in [2.24, 2.45) is 0 Å². The fraction of sp³-hybridized carbons (Fsp3) is 0.500. The summed E-state index contributed by atoms with van der Waals surface area (Å²) in [5.41, 5.74) is 2.03. The van der Waals surface area contributed by atoms with Crippen LogP contribution in [0.25, 0.3) is 11.0 Å². The lowest BCUT2D eigenvalue weighted by Crippen LogP contribution is -2.17. The predicted octanol–water partition coefficient (Wildman–Crippen LogP) is 3.05. The number of fused-ring (bicyclic) bond motifs is 1. The fourth-order valence-electron chi connectivity index (χ4n) is 1.81. The van der Waals surface area contributed by atoms with E-state index in [2.05, 4.69) is 22.2 Å². The average molecular weight is 279 g/mol. The Labute approximate surface area is 118 Å². The minimum absolute atomic E-state index is 0.685. The van der Waals surface area contributed by atoms with Gasteiger partial charge in [0.2, 0.25) is 0 Å². The Bertz CT molecular complexity index is 512. The number of nitrogens with zero attached hydrogens (tertiary/aromatic N) is 1. The van der Waals surface area contributed by atoms with Crippen LogP contribution in [-0.4, -0.2) is 35.4 Å². The summed E-state index contributed by atoms with van der Waals surface area (Å²) in [6.07, 6.45) is 1.18. The van der Waals surface area contributed by atoms with E-state index in [1.165, 1.54) is 6.42 Å². The molecule has 104 valence electrons. The number of aromatic nitrogens is 2. The second-order valence-electron chi connectivity index (χ2n) is 4.25. The summed E-state index contributed by atoms with van der Waals surface area (Å²) in [5.74, 6) is 1.91. The highest BCUT2D eigenvalue weighted by Crippen LogP contribution is 2.23. The molecule has 0 aliphatic rings. The number of ether oxygens (including phenoxy) is 1. The Kier molecular flexibility index (Phi) is 5.54. The Balaban J connectivity index is 1.93. The summed E-state index contributed by atoms with van der Waals surface area (Å²) < 4.78 is 5.48. The molecule has 0 spiro atoms. The molecule has 2 N–H and O–H groups in total. The van der Waals surface area contributed by atoms with E-state index in [1.54, 1.807) is 11.8 Å². The molecule has 4 nitrogen and oxygen atoms in total. The molecule has 0 saturated carbocycles. The van der Waals surface area contributed by atoms with Crippen molar-refractivity contribution < 1.29 is 4.74 Å². The lowest BCUT2D eigenvalue weighted by molar-refractivity contribution is 0.340. The molecule has 0 saturated heterocycles.